The number of rotatable bonds is 7. The van der Waals surface area contributed by atoms with Gasteiger partial charge in [-0.2, -0.15) is 8.78 Å². The minimum Gasteiger partial charge on any atom is -0.503 e. The molecular weight excluding hydrogens is 476 g/mol. The summed E-state index contributed by atoms with van der Waals surface area (Å²) >= 11 is 3.17. The highest BCUT2D eigenvalue weighted by Gasteiger charge is 2.16. The highest BCUT2D eigenvalue weighted by molar-refractivity contribution is 9.10. The second-order valence-electron chi connectivity index (χ2n) is 6.28. The number of carbonyl (C=O) groups excluding carboxylic acids is 1. The van der Waals surface area contributed by atoms with Gasteiger partial charge in [0.2, 0.25) is 0 Å². The lowest BCUT2D eigenvalue weighted by molar-refractivity contribution is -0.0494. The summed E-state index contributed by atoms with van der Waals surface area (Å²) in [4.78, 5) is 12.7. The highest BCUT2D eigenvalue weighted by atomic mass is 79.9. The Hall–Kier alpha value is -3.33. The van der Waals surface area contributed by atoms with Gasteiger partial charge >= 0.3 is 6.61 Å². The smallest absolute Gasteiger partial charge is 0.387 e. The van der Waals surface area contributed by atoms with Gasteiger partial charge in [-0.25, -0.2) is 0 Å². The van der Waals surface area contributed by atoms with E-state index in [9.17, 15) is 18.7 Å². The molecule has 0 fully saturated rings. The maximum Gasteiger partial charge on any atom is 0.387 e. The topological polar surface area (TPSA) is 77.0 Å². The molecule has 0 atom stereocenters. The van der Waals surface area contributed by atoms with Crippen LogP contribution in [0.1, 0.15) is 10.4 Å². The van der Waals surface area contributed by atoms with Crippen LogP contribution in [0.4, 0.5) is 14.5 Å². The number of aromatic hydroxyl groups is 1. The van der Waals surface area contributed by atoms with E-state index in [0.717, 1.165) is 0 Å². The van der Waals surface area contributed by atoms with Gasteiger partial charge in [0.25, 0.3) is 5.91 Å². The van der Waals surface area contributed by atoms with Crippen LogP contribution >= 0.6 is 15.9 Å². The number of phenols is 1. The van der Waals surface area contributed by atoms with Crippen molar-refractivity contribution in [3.63, 3.8) is 0 Å². The van der Waals surface area contributed by atoms with Crippen LogP contribution in [-0.2, 0) is 0 Å². The molecule has 0 aliphatic heterocycles. The number of hydrogen-bond donors (Lipinski definition) is 2. The first-order chi connectivity index (χ1) is 14.8. The maximum atomic E-state index is 12.9. The summed E-state index contributed by atoms with van der Waals surface area (Å²) in [5.41, 5.74) is 1.55. The van der Waals surface area contributed by atoms with Gasteiger partial charge in [0.05, 0.1) is 18.7 Å². The van der Waals surface area contributed by atoms with Gasteiger partial charge in [0.1, 0.15) is 11.5 Å². The fourth-order valence-electron chi connectivity index (χ4n) is 2.87. The lowest BCUT2D eigenvalue weighted by atomic mass is 10.0. The summed E-state index contributed by atoms with van der Waals surface area (Å²) in [5, 5.41) is 12.6. The van der Waals surface area contributed by atoms with E-state index in [1.807, 2.05) is 0 Å². The van der Waals surface area contributed by atoms with E-state index in [2.05, 4.69) is 26.0 Å². The number of carbonyl (C=O) groups is 1. The molecule has 3 aromatic carbocycles. The Balaban J connectivity index is 1.94. The van der Waals surface area contributed by atoms with Crippen LogP contribution in [0, 0.1) is 0 Å². The molecule has 0 aliphatic carbocycles. The molecule has 6 nitrogen and oxygen atoms in total. The molecule has 0 bridgehead atoms. The van der Waals surface area contributed by atoms with E-state index in [-0.39, 0.29) is 27.3 Å². The number of nitrogens with one attached hydrogen (secondary N) is 1. The van der Waals surface area contributed by atoms with E-state index in [1.165, 1.54) is 44.6 Å². The normalized spacial score (nSPS) is 10.6. The predicted molar refractivity (Wildman–Crippen MR) is 115 cm³/mol. The highest BCUT2D eigenvalue weighted by Crippen LogP contribution is 2.37. The van der Waals surface area contributed by atoms with E-state index >= 15 is 0 Å². The van der Waals surface area contributed by atoms with Crippen molar-refractivity contribution in [2.75, 3.05) is 19.5 Å². The van der Waals surface area contributed by atoms with E-state index in [4.69, 9.17) is 9.47 Å². The van der Waals surface area contributed by atoms with Crippen molar-refractivity contribution in [3.8, 4) is 34.1 Å². The molecule has 0 radical (unpaired) electrons. The number of amides is 1. The van der Waals surface area contributed by atoms with Gasteiger partial charge in [0, 0.05) is 16.8 Å². The Morgan fingerprint density at radius 2 is 1.71 bits per heavy atom. The average molecular weight is 494 g/mol. The monoisotopic (exact) mass is 493 g/mol. The molecule has 9 heteroatoms. The fraction of sp³-hybridized carbons (Fsp3) is 0.136. The Labute approximate surface area is 185 Å². The molecule has 31 heavy (non-hydrogen) atoms. The third-order valence-electron chi connectivity index (χ3n) is 4.37. The first-order valence-electron chi connectivity index (χ1n) is 8.93. The van der Waals surface area contributed by atoms with Crippen LogP contribution in [0.25, 0.3) is 11.1 Å². The molecule has 0 heterocycles. The van der Waals surface area contributed by atoms with Gasteiger partial charge in [-0.1, -0.05) is 12.1 Å². The predicted octanol–water partition coefficient (Wildman–Crippen LogP) is 5.69. The van der Waals surface area contributed by atoms with Gasteiger partial charge in [0.15, 0.2) is 11.5 Å². The Morgan fingerprint density at radius 1 is 1.00 bits per heavy atom. The van der Waals surface area contributed by atoms with Crippen molar-refractivity contribution >= 4 is 27.5 Å². The Kier molecular flexibility index (Phi) is 6.96. The number of methoxy groups -OCH3 is 2. The second-order valence-corrected chi connectivity index (χ2v) is 7.14. The summed E-state index contributed by atoms with van der Waals surface area (Å²) in [5.74, 6) is 0.0827. The maximum absolute atomic E-state index is 12.9. The largest absolute Gasteiger partial charge is 0.503 e. The summed E-state index contributed by atoms with van der Waals surface area (Å²) in [6.07, 6.45) is 0. The third-order valence-corrected chi connectivity index (χ3v) is 4.97. The van der Waals surface area contributed by atoms with Gasteiger partial charge in [-0.15, -0.1) is 0 Å². The minimum atomic E-state index is -3.00. The van der Waals surface area contributed by atoms with Crippen LogP contribution in [0.15, 0.2) is 59.1 Å². The van der Waals surface area contributed by atoms with Crippen LogP contribution in [0.3, 0.4) is 0 Å². The van der Waals surface area contributed by atoms with Crippen molar-refractivity contribution in [1.29, 1.82) is 0 Å². The lowest BCUT2D eigenvalue weighted by Crippen LogP contribution is -2.12. The van der Waals surface area contributed by atoms with Crippen LogP contribution in [0.2, 0.25) is 0 Å². The van der Waals surface area contributed by atoms with Crippen molar-refractivity contribution in [3.05, 3.63) is 64.6 Å². The van der Waals surface area contributed by atoms with Crippen LogP contribution in [-0.4, -0.2) is 31.8 Å². The van der Waals surface area contributed by atoms with Gasteiger partial charge < -0.3 is 24.6 Å². The number of hydrogen-bond acceptors (Lipinski definition) is 5. The molecule has 3 rings (SSSR count). The first-order valence-corrected chi connectivity index (χ1v) is 9.72. The molecule has 0 unspecified atom stereocenters. The Morgan fingerprint density at radius 3 is 2.32 bits per heavy atom. The molecule has 0 saturated heterocycles. The second kappa shape index (κ2) is 9.65. The van der Waals surface area contributed by atoms with Crippen molar-refractivity contribution < 1.29 is 32.9 Å². The van der Waals surface area contributed by atoms with E-state index in [1.54, 1.807) is 24.3 Å². The molecule has 2 N–H and O–H groups in total. The average Bonchev–Trinajstić information content (AvgIpc) is 2.76. The zero-order valence-corrected chi connectivity index (χ0v) is 18.1. The summed E-state index contributed by atoms with van der Waals surface area (Å²) in [7, 11) is 2.89. The number of anilines is 1. The van der Waals surface area contributed by atoms with Gasteiger partial charge in [-0.3, -0.25) is 4.79 Å². The van der Waals surface area contributed by atoms with E-state index < -0.39 is 12.5 Å². The van der Waals surface area contributed by atoms with Crippen molar-refractivity contribution in [2.24, 2.45) is 0 Å². The van der Waals surface area contributed by atoms with Crippen LogP contribution < -0.4 is 19.5 Å². The quantitative estimate of drug-likeness (QED) is 0.441. The number of alkyl halides is 2. The molecular formula is C22H18BrF2NO5. The molecule has 0 aliphatic rings. The van der Waals surface area contributed by atoms with Gasteiger partial charge in [-0.05, 0) is 64.0 Å². The molecule has 0 saturated carbocycles. The third kappa shape index (κ3) is 5.24. The van der Waals surface area contributed by atoms with E-state index in [0.29, 0.717) is 22.6 Å². The fourth-order valence-corrected chi connectivity index (χ4v) is 3.31. The summed E-state index contributed by atoms with van der Waals surface area (Å²) in [6.45, 7) is -3.00. The number of halogens is 3. The molecule has 0 spiro atoms. The molecule has 0 aromatic heterocycles. The minimum absolute atomic E-state index is 0.0350. The zero-order valence-electron chi connectivity index (χ0n) is 16.5. The van der Waals surface area contributed by atoms with Crippen molar-refractivity contribution in [1.82, 2.24) is 0 Å². The zero-order chi connectivity index (χ0) is 22.5. The SMILES string of the molecule is COc1ccc(-c2cc(NC(=O)c3cc(Br)c(O)c(OC)c3)ccc2OC(F)F)cc1. The summed E-state index contributed by atoms with van der Waals surface area (Å²) < 4.78 is 40.8. The molecule has 162 valence electrons. The summed E-state index contributed by atoms with van der Waals surface area (Å²) in [6, 6.07) is 13.9. The first kappa shape index (κ1) is 22.4. The molecule has 3 aromatic rings. The van der Waals surface area contributed by atoms with Crippen LogP contribution in [0.5, 0.6) is 23.0 Å². The Bertz CT molecular complexity index is 1090. The van der Waals surface area contributed by atoms with Crippen molar-refractivity contribution in [2.45, 2.75) is 6.61 Å². The number of ether oxygens (including phenoxy) is 3. The number of benzene rings is 3. The number of phenolic OH excluding ortho intramolecular Hbond substituents is 1. The molecule has 1 amide bonds. The standard InChI is InChI=1S/C22H18BrF2NO5/c1-29-15-6-3-12(4-7-15)16-11-14(5-8-18(16)31-22(24)25)26-21(28)13-9-17(23)20(27)19(10-13)30-2/h3-11,22,27H,1-2H3,(H,26,28). The lowest BCUT2D eigenvalue weighted by Gasteiger charge is -2.14.